The van der Waals surface area contributed by atoms with Gasteiger partial charge in [-0.3, -0.25) is 0 Å². The SMILES string of the molecule is Cc1ccc(NC(=O)NCC(C)(O)c2cc(C)oc2C)c(C)c1. The zero-order valence-electron chi connectivity index (χ0n) is 14.3. The average Bonchev–Trinajstić information content (AvgIpc) is 2.80. The molecule has 23 heavy (non-hydrogen) atoms. The number of anilines is 1. The summed E-state index contributed by atoms with van der Waals surface area (Å²) in [4.78, 5) is 12.1. The van der Waals surface area contributed by atoms with Gasteiger partial charge in [0.2, 0.25) is 0 Å². The third kappa shape index (κ3) is 4.13. The number of aryl methyl sites for hydroxylation is 4. The molecule has 5 heteroatoms. The van der Waals surface area contributed by atoms with Crippen molar-refractivity contribution in [3.63, 3.8) is 0 Å². The van der Waals surface area contributed by atoms with Crippen LogP contribution >= 0.6 is 0 Å². The van der Waals surface area contributed by atoms with E-state index in [1.54, 1.807) is 19.9 Å². The summed E-state index contributed by atoms with van der Waals surface area (Å²) < 4.78 is 5.44. The molecule has 0 aliphatic heterocycles. The monoisotopic (exact) mass is 316 g/mol. The topological polar surface area (TPSA) is 74.5 Å². The largest absolute Gasteiger partial charge is 0.466 e. The predicted molar refractivity (Wildman–Crippen MR) is 90.7 cm³/mol. The zero-order chi connectivity index (χ0) is 17.2. The van der Waals surface area contributed by atoms with Gasteiger partial charge in [0.25, 0.3) is 0 Å². The van der Waals surface area contributed by atoms with Crippen LogP contribution in [0.2, 0.25) is 0 Å². The Morgan fingerprint density at radius 3 is 2.48 bits per heavy atom. The number of hydrogen-bond acceptors (Lipinski definition) is 3. The molecule has 0 fully saturated rings. The number of hydrogen-bond donors (Lipinski definition) is 3. The number of urea groups is 1. The van der Waals surface area contributed by atoms with Crippen LogP contribution in [0.5, 0.6) is 0 Å². The Hall–Kier alpha value is -2.27. The third-order valence-corrected chi connectivity index (χ3v) is 3.84. The highest BCUT2D eigenvalue weighted by Crippen LogP contribution is 2.26. The molecule has 124 valence electrons. The summed E-state index contributed by atoms with van der Waals surface area (Å²) in [5.74, 6) is 1.39. The first-order valence-electron chi connectivity index (χ1n) is 7.61. The Kier molecular flexibility index (Phi) is 4.80. The van der Waals surface area contributed by atoms with Gasteiger partial charge in [-0.1, -0.05) is 17.7 Å². The lowest BCUT2D eigenvalue weighted by atomic mass is 9.96. The molecule has 1 aromatic heterocycles. The van der Waals surface area contributed by atoms with Crippen LogP contribution in [0.4, 0.5) is 10.5 Å². The fourth-order valence-electron chi connectivity index (χ4n) is 2.63. The first-order valence-corrected chi connectivity index (χ1v) is 7.61. The first kappa shape index (κ1) is 17.1. The van der Waals surface area contributed by atoms with Gasteiger partial charge in [0.1, 0.15) is 17.1 Å². The molecule has 2 rings (SSSR count). The molecular formula is C18H24N2O3. The van der Waals surface area contributed by atoms with Crippen molar-refractivity contribution >= 4 is 11.7 Å². The lowest BCUT2D eigenvalue weighted by Gasteiger charge is -2.23. The van der Waals surface area contributed by atoms with E-state index in [1.807, 2.05) is 39.0 Å². The van der Waals surface area contributed by atoms with Crippen LogP contribution in [0, 0.1) is 27.7 Å². The standard InChI is InChI=1S/C18H24N2O3/c1-11-6-7-16(12(2)8-11)20-17(21)19-10-18(5,22)15-9-13(3)23-14(15)4/h6-9,22H,10H2,1-5H3,(H2,19,20,21). The van der Waals surface area contributed by atoms with Gasteiger partial charge >= 0.3 is 6.03 Å². The molecule has 0 saturated heterocycles. The summed E-state index contributed by atoms with van der Waals surface area (Å²) >= 11 is 0. The lowest BCUT2D eigenvalue weighted by molar-refractivity contribution is 0.0584. The van der Waals surface area contributed by atoms with E-state index in [2.05, 4.69) is 10.6 Å². The summed E-state index contributed by atoms with van der Waals surface area (Å²) in [6.07, 6.45) is 0. The highest BCUT2D eigenvalue weighted by Gasteiger charge is 2.28. The summed E-state index contributed by atoms with van der Waals surface area (Å²) in [5.41, 5.74) is 2.38. The van der Waals surface area contributed by atoms with Crippen LogP contribution in [0.15, 0.2) is 28.7 Å². The van der Waals surface area contributed by atoms with Crippen LogP contribution < -0.4 is 10.6 Å². The maximum absolute atomic E-state index is 12.1. The number of aliphatic hydroxyl groups is 1. The van der Waals surface area contributed by atoms with E-state index in [4.69, 9.17) is 4.42 Å². The second-order valence-corrected chi connectivity index (χ2v) is 6.23. The number of benzene rings is 1. The number of rotatable bonds is 4. The van der Waals surface area contributed by atoms with E-state index in [1.165, 1.54) is 0 Å². The molecule has 0 aliphatic carbocycles. The summed E-state index contributed by atoms with van der Waals surface area (Å²) in [6.45, 7) is 9.31. The molecule has 5 nitrogen and oxygen atoms in total. The lowest BCUT2D eigenvalue weighted by Crippen LogP contribution is -2.40. The molecule has 0 bridgehead atoms. The second-order valence-electron chi connectivity index (χ2n) is 6.23. The van der Waals surface area contributed by atoms with Crippen molar-refractivity contribution in [2.45, 2.75) is 40.2 Å². The molecule has 3 N–H and O–H groups in total. The Morgan fingerprint density at radius 2 is 1.91 bits per heavy atom. The van der Waals surface area contributed by atoms with Gasteiger partial charge < -0.3 is 20.2 Å². The maximum Gasteiger partial charge on any atom is 0.319 e. The van der Waals surface area contributed by atoms with Crippen LogP contribution in [0.1, 0.15) is 35.1 Å². The van der Waals surface area contributed by atoms with Gasteiger partial charge in [-0.05, 0) is 52.3 Å². The Labute approximate surface area is 136 Å². The first-order chi connectivity index (χ1) is 10.7. The molecule has 0 radical (unpaired) electrons. The van der Waals surface area contributed by atoms with Gasteiger partial charge in [0, 0.05) is 11.3 Å². The van der Waals surface area contributed by atoms with Crippen molar-refractivity contribution in [1.82, 2.24) is 5.32 Å². The Bertz CT molecular complexity index is 717. The van der Waals surface area contributed by atoms with Crippen molar-refractivity contribution in [2.24, 2.45) is 0 Å². The number of furan rings is 1. The highest BCUT2D eigenvalue weighted by atomic mass is 16.3. The number of amides is 2. The smallest absolute Gasteiger partial charge is 0.319 e. The third-order valence-electron chi connectivity index (χ3n) is 3.84. The Balaban J connectivity index is 1.99. The fourth-order valence-corrected chi connectivity index (χ4v) is 2.63. The summed E-state index contributed by atoms with van der Waals surface area (Å²) in [7, 11) is 0. The summed E-state index contributed by atoms with van der Waals surface area (Å²) in [6, 6.07) is 7.25. The van der Waals surface area contributed by atoms with E-state index in [0.717, 1.165) is 22.6 Å². The fraction of sp³-hybridized carbons (Fsp3) is 0.389. The minimum atomic E-state index is -1.19. The molecular weight excluding hydrogens is 292 g/mol. The summed E-state index contributed by atoms with van der Waals surface area (Å²) in [5, 5.41) is 16.1. The maximum atomic E-state index is 12.1. The van der Waals surface area contributed by atoms with Crippen molar-refractivity contribution in [1.29, 1.82) is 0 Å². The molecule has 2 aromatic rings. The van der Waals surface area contributed by atoms with E-state index in [-0.39, 0.29) is 12.6 Å². The molecule has 2 amide bonds. The minimum absolute atomic E-state index is 0.0869. The molecule has 0 saturated carbocycles. The number of nitrogens with one attached hydrogen (secondary N) is 2. The second kappa shape index (κ2) is 6.46. The minimum Gasteiger partial charge on any atom is -0.466 e. The van der Waals surface area contributed by atoms with Gasteiger partial charge in [0.05, 0.1) is 6.54 Å². The highest BCUT2D eigenvalue weighted by molar-refractivity contribution is 5.90. The molecule has 1 aromatic carbocycles. The van der Waals surface area contributed by atoms with Crippen LogP contribution in [-0.2, 0) is 5.60 Å². The van der Waals surface area contributed by atoms with E-state index >= 15 is 0 Å². The van der Waals surface area contributed by atoms with E-state index < -0.39 is 5.60 Å². The van der Waals surface area contributed by atoms with Gasteiger partial charge in [-0.25, -0.2) is 4.79 Å². The molecule has 1 heterocycles. The van der Waals surface area contributed by atoms with E-state index in [0.29, 0.717) is 11.3 Å². The zero-order valence-corrected chi connectivity index (χ0v) is 14.3. The average molecular weight is 316 g/mol. The van der Waals surface area contributed by atoms with Crippen molar-refractivity contribution in [3.8, 4) is 0 Å². The van der Waals surface area contributed by atoms with Gasteiger partial charge in [-0.2, -0.15) is 0 Å². The molecule has 1 unspecified atom stereocenters. The number of carbonyl (C=O) groups excluding carboxylic acids is 1. The molecule has 0 spiro atoms. The van der Waals surface area contributed by atoms with Crippen LogP contribution in [0.25, 0.3) is 0 Å². The van der Waals surface area contributed by atoms with Gasteiger partial charge in [0.15, 0.2) is 0 Å². The van der Waals surface area contributed by atoms with Crippen LogP contribution in [0.3, 0.4) is 0 Å². The van der Waals surface area contributed by atoms with Crippen molar-refractivity contribution in [3.05, 3.63) is 52.5 Å². The number of carbonyl (C=O) groups is 1. The van der Waals surface area contributed by atoms with Crippen molar-refractivity contribution in [2.75, 3.05) is 11.9 Å². The normalized spacial score (nSPS) is 13.5. The van der Waals surface area contributed by atoms with Gasteiger partial charge in [-0.15, -0.1) is 0 Å². The molecule has 0 aliphatic rings. The van der Waals surface area contributed by atoms with Crippen LogP contribution in [-0.4, -0.2) is 17.7 Å². The Morgan fingerprint density at radius 1 is 1.22 bits per heavy atom. The quantitative estimate of drug-likeness (QED) is 0.807. The predicted octanol–water partition coefficient (Wildman–Crippen LogP) is 3.54. The van der Waals surface area contributed by atoms with E-state index in [9.17, 15) is 9.90 Å². The van der Waals surface area contributed by atoms with Crippen molar-refractivity contribution < 1.29 is 14.3 Å². The molecule has 1 atom stereocenters.